The van der Waals surface area contributed by atoms with E-state index in [2.05, 4.69) is 45.3 Å². The molecule has 44 valence electrons. The molecule has 0 heterocycles. The molecule has 0 bridgehead atoms. The summed E-state index contributed by atoms with van der Waals surface area (Å²) in [5.41, 5.74) is 0. The van der Waals surface area contributed by atoms with Crippen LogP contribution in [-0.4, -0.2) is 5.16 Å². The Labute approximate surface area is 57.1 Å². The molecule has 0 aliphatic carbocycles. The SMILES string of the molecule is CC(C)(C)P(S)S. The van der Waals surface area contributed by atoms with Crippen molar-refractivity contribution in [2.75, 3.05) is 0 Å². The van der Waals surface area contributed by atoms with E-state index < -0.39 is 0 Å². The molecule has 3 heteroatoms. The van der Waals surface area contributed by atoms with Gasteiger partial charge in [0.05, 0.1) is 0 Å². The first-order valence-corrected chi connectivity index (χ1v) is 5.77. The van der Waals surface area contributed by atoms with Gasteiger partial charge in [-0.2, -0.15) is 0 Å². The predicted molar refractivity (Wildman–Crippen MR) is 44.6 cm³/mol. The molecular formula is C4H11PS2. The molecule has 0 nitrogen and oxygen atoms in total. The summed E-state index contributed by atoms with van der Waals surface area (Å²) in [5.74, 6) is 0. The fourth-order valence-electron chi connectivity index (χ4n) is 0. The van der Waals surface area contributed by atoms with Crippen molar-refractivity contribution in [3.63, 3.8) is 0 Å². The molecule has 0 rings (SSSR count). The highest BCUT2D eigenvalue weighted by Gasteiger charge is 2.15. The van der Waals surface area contributed by atoms with Gasteiger partial charge in [-0.3, -0.25) is 0 Å². The van der Waals surface area contributed by atoms with Gasteiger partial charge in [0.1, 0.15) is 0 Å². The lowest BCUT2D eigenvalue weighted by Crippen LogP contribution is -2.04. The molecule has 7 heavy (non-hydrogen) atoms. The second-order valence-electron chi connectivity index (χ2n) is 2.46. The first-order valence-electron chi connectivity index (χ1n) is 2.12. The molecular weight excluding hydrogens is 143 g/mol. The van der Waals surface area contributed by atoms with E-state index in [1.54, 1.807) is 0 Å². The highest BCUT2D eigenvalue weighted by molar-refractivity contribution is 8.78. The van der Waals surface area contributed by atoms with Gasteiger partial charge in [-0.15, -0.1) is 24.5 Å². The third-order valence-corrected chi connectivity index (χ3v) is 5.40. The Morgan fingerprint density at radius 3 is 1.29 bits per heavy atom. The molecule has 0 saturated heterocycles. The van der Waals surface area contributed by atoms with E-state index in [1.165, 1.54) is 0 Å². The third kappa shape index (κ3) is 3.69. The molecule has 0 amide bonds. The zero-order chi connectivity index (χ0) is 6.08. The van der Waals surface area contributed by atoms with Crippen molar-refractivity contribution in [3.8, 4) is 0 Å². The van der Waals surface area contributed by atoms with Crippen LogP contribution in [0.5, 0.6) is 0 Å². The van der Waals surface area contributed by atoms with Crippen molar-refractivity contribution in [2.45, 2.75) is 25.9 Å². The maximum absolute atomic E-state index is 4.21. The van der Waals surface area contributed by atoms with Crippen LogP contribution >= 0.6 is 30.8 Å². The Balaban J connectivity index is 3.54. The molecule has 0 radical (unpaired) electrons. The Bertz CT molecular complexity index is 55.2. The van der Waals surface area contributed by atoms with Crippen LogP contribution in [0, 0.1) is 0 Å². The van der Waals surface area contributed by atoms with Gasteiger partial charge >= 0.3 is 0 Å². The lowest BCUT2D eigenvalue weighted by molar-refractivity contribution is 0.800. The lowest BCUT2D eigenvalue weighted by Gasteiger charge is -2.20. The Morgan fingerprint density at radius 1 is 1.14 bits per heavy atom. The van der Waals surface area contributed by atoms with Crippen molar-refractivity contribution in [3.05, 3.63) is 0 Å². The minimum atomic E-state index is -0.353. The van der Waals surface area contributed by atoms with Crippen LogP contribution < -0.4 is 0 Å². The molecule has 0 N–H and O–H groups in total. The molecule has 0 saturated carbocycles. The first-order chi connectivity index (χ1) is 2.94. The monoisotopic (exact) mass is 154 g/mol. The number of hydrogen-bond acceptors (Lipinski definition) is 2. The molecule has 0 aromatic heterocycles. The second kappa shape index (κ2) is 2.61. The van der Waals surface area contributed by atoms with E-state index in [4.69, 9.17) is 0 Å². The fraction of sp³-hybridized carbons (Fsp3) is 1.00. The molecule has 0 aromatic rings. The van der Waals surface area contributed by atoms with Gasteiger partial charge < -0.3 is 0 Å². The quantitative estimate of drug-likeness (QED) is 0.389. The van der Waals surface area contributed by atoms with Crippen LogP contribution in [0.25, 0.3) is 0 Å². The smallest absolute Gasteiger partial charge is 0.0112 e. The number of hydrogen-bond donors (Lipinski definition) is 2. The van der Waals surface area contributed by atoms with E-state index >= 15 is 0 Å². The van der Waals surface area contributed by atoms with Gasteiger partial charge in [0.15, 0.2) is 0 Å². The summed E-state index contributed by atoms with van der Waals surface area (Å²) in [6, 6.07) is 0. The van der Waals surface area contributed by atoms with Crippen molar-refractivity contribution in [1.29, 1.82) is 0 Å². The van der Waals surface area contributed by atoms with Crippen LogP contribution in [0.3, 0.4) is 0 Å². The summed E-state index contributed by atoms with van der Waals surface area (Å²) in [5, 5.41) is 0.293. The molecule has 0 atom stereocenters. The van der Waals surface area contributed by atoms with Gasteiger partial charge in [0, 0.05) is 11.5 Å². The minimum Gasteiger partial charge on any atom is -0.140 e. The highest BCUT2D eigenvalue weighted by Crippen LogP contribution is 2.56. The number of rotatable bonds is 0. The van der Waals surface area contributed by atoms with Crippen LogP contribution in [0.4, 0.5) is 0 Å². The third-order valence-electron chi connectivity index (χ3n) is 0.600. The number of thiol groups is 2. The average Bonchev–Trinajstić information content (AvgIpc) is 1.31. The Kier molecular flexibility index (Phi) is 3.03. The Hall–Kier alpha value is 1.13. The maximum atomic E-state index is 4.21. The first kappa shape index (κ1) is 8.13. The molecule has 0 spiro atoms. The summed E-state index contributed by atoms with van der Waals surface area (Å²) < 4.78 is 0. The summed E-state index contributed by atoms with van der Waals surface area (Å²) in [4.78, 5) is 0. The predicted octanol–water partition coefficient (Wildman–Crippen LogP) is 2.96. The average molecular weight is 154 g/mol. The van der Waals surface area contributed by atoms with Gasteiger partial charge in [0.2, 0.25) is 0 Å². The summed E-state index contributed by atoms with van der Waals surface area (Å²) >= 11 is 8.42. The topological polar surface area (TPSA) is 0 Å². The normalized spacial score (nSPS) is 12.9. The van der Waals surface area contributed by atoms with Gasteiger partial charge in [0.25, 0.3) is 0 Å². The van der Waals surface area contributed by atoms with E-state index in [0.29, 0.717) is 5.16 Å². The van der Waals surface area contributed by atoms with Crippen molar-refractivity contribution in [2.24, 2.45) is 0 Å². The second-order valence-corrected chi connectivity index (χ2v) is 7.73. The van der Waals surface area contributed by atoms with Crippen LogP contribution in [0.1, 0.15) is 20.8 Å². The van der Waals surface area contributed by atoms with Crippen molar-refractivity contribution in [1.82, 2.24) is 0 Å². The standard InChI is InChI=1S/C4H11PS2/c1-4(2,3)5(6)7/h6-7H,1-3H3. The van der Waals surface area contributed by atoms with Crippen LogP contribution in [0.15, 0.2) is 0 Å². The summed E-state index contributed by atoms with van der Waals surface area (Å²) in [6.45, 7) is 6.41. The molecule has 0 aromatic carbocycles. The Morgan fingerprint density at radius 2 is 1.29 bits per heavy atom. The maximum Gasteiger partial charge on any atom is 0.0112 e. The van der Waals surface area contributed by atoms with E-state index in [1.807, 2.05) is 0 Å². The molecule has 0 fully saturated rings. The minimum absolute atomic E-state index is 0.293. The van der Waals surface area contributed by atoms with Crippen LogP contribution in [-0.2, 0) is 0 Å². The van der Waals surface area contributed by atoms with E-state index in [0.717, 1.165) is 0 Å². The fourth-order valence-corrected chi connectivity index (χ4v) is 0. The highest BCUT2D eigenvalue weighted by atomic mass is 33.1. The van der Waals surface area contributed by atoms with Gasteiger partial charge in [-0.1, -0.05) is 20.8 Å². The molecule has 0 aliphatic heterocycles. The summed E-state index contributed by atoms with van der Waals surface area (Å²) in [7, 11) is 0. The molecule has 0 aliphatic rings. The van der Waals surface area contributed by atoms with E-state index in [9.17, 15) is 0 Å². The van der Waals surface area contributed by atoms with Crippen LogP contribution in [0.2, 0.25) is 0 Å². The largest absolute Gasteiger partial charge is 0.140 e. The van der Waals surface area contributed by atoms with E-state index in [-0.39, 0.29) is 6.33 Å². The van der Waals surface area contributed by atoms with Gasteiger partial charge in [-0.05, 0) is 0 Å². The molecule has 0 unspecified atom stereocenters. The van der Waals surface area contributed by atoms with Gasteiger partial charge in [-0.25, -0.2) is 0 Å². The summed E-state index contributed by atoms with van der Waals surface area (Å²) in [6.07, 6.45) is -0.353. The lowest BCUT2D eigenvalue weighted by atomic mass is 10.3. The zero-order valence-corrected chi connectivity index (χ0v) is 7.52. The van der Waals surface area contributed by atoms with Crippen molar-refractivity contribution >= 4 is 30.8 Å². The zero-order valence-electron chi connectivity index (χ0n) is 4.84. The van der Waals surface area contributed by atoms with Crippen molar-refractivity contribution < 1.29 is 0 Å².